The molecule has 1 N–H and O–H groups in total. The fourth-order valence-corrected chi connectivity index (χ4v) is 4.66. The molecule has 0 radical (unpaired) electrons. The Balaban J connectivity index is 2.03. The molecule has 3 aromatic carbocycles. The van der Waals surface area contributed by atoms with Crippen molar-refractivity contribution >= 4 is 17.3 Å². The van der Waals surface area contributed by atoms with E-state index in [1.165, 1.54) is 6.07 Å². The first-order chi connectivity index (χ1) is 15.7. The highest BCUT2D eigenvalue weighted by Crippen LogP contribution is 2.48. The Bertz CT molecular complexity index is 1160. The van der Waals surface area contributed by atoms with E-state index in [0.717, 1.165) is 16.8 Å². The van der Waals surface area contributed by atoms with Crippen LogP contribution in [0.15, 0.2) is 66.7 Å². The molecule has 172 valence electrons. The number of hydrogen-bond acceptors (Lipinski definition) is 2. The summed E-state index contributed by atoms with van der Waals surface area (Å²) in [5, 5.41) is 9.96. The average Bonchev–Trinajstić information content (AvgIpc) is 3.20. The summed E-state index contributed by atoms with van der Waals surface area (Å²) < 4.78 is 43.8. The van der Waals surface area contributed by atoms with Gasteiger partial charge < -0.3 is 10.0 Å². The highest BCUT2D eigenvalue weighted by molar-refractivity contribution is 5.84. The number of rotatable bonds is 6. The van der Waals surface area contributed by atoms with E-state index < -0.39 is 23.6 Å². The minimum absolute atomic E-state index is 0.0128. The maximum atomic E-state index is 14.6. The molecule has 3 aromatic rings. The molecular formula is C27H26F3NO2. The molecule has 1 heterocycles. The van der Waals surface area contributed by atoms with E-state index in [4.69, 9.17) is 0 Å². The summed E-state index contributed by atoms with van der Waals surface area (Å²) in [6.07, 6.45) is -3.96. The zero-order valence-electron chi connectivity index (χ0n) is 18.6. The molecule has 0 amide bonds. The molecule has 33 heavy (non-hydrogen) atoms. The average molecular weight is 454 g/mol. The number of carboxylic acid groups (broad SMARTS) is 1. The largest absolute Gasteiger partial charge is 0.481 e. The quantitative estimate of drug-likeness (QED) is 0.426. The SMILES string of the molecule is CC(C)CC(C(=O)O)c1cc(-c2ccccc2)cc(N2CCc3ccccc32)c1C(F)(F)F. The maximum absolute atomic E-state index is 14.6. The van der Waals surface area contributed by atoms with Gasteiger partial charge in [-0.25, -0.2) is 0 Å². The highest BCUT2D eigenvalue weighted by Gasteiger charge is 2.42. The third-order valence-electron chi connectivity index (χ3n) is 6.10. The number of hydrogen-bond donors (Lipinski definition) is 1. The van der Waals surface area contributed by atoms with E-state index in [9.17, 15) is 23.1 Å². The Morgan fingerprint density at radius 1 is 0.970 bits per heavy atom. The van der Waals surface area contributed by atoms with Crippen molar-refractivity contribution in [2.24, 2.45) is 5.92 Å². The van der Waals surface area contributed by atoms with E-state index >= 15 is 0 Å². The maximum Gasteiger partial charge on any atom is 0.418 e. The van der Waals surface area contributed by atoms with Crippen LogP contribution in [0, 0.1) is 5.92 Å². The van der Waals surface area contributed by atoms with Crippen molar-refractivity contribution < 1.29 is 23.1 Å². The molecule has 4 rings (SSSR count). The van der Waals surface area contributed by atoms with Gasteiger partial charge in [-0.05, 0) is 59.2 Å². The smallest absolute Gasteiger partial charge is 0.418 e. The number of halogens is 3. The third-order valence-corrected chi connectivity index (χ3v) is 6.10. The summed E-state index contributed by atoms with van der Waals surface area (Å²) in [4.78, 5) is 13.9. The lowest BCUT2D eigenvalue weighted by atomic mass is 9.84. The predicted octanol–water partition coefficient (Wildman–Crippen LogP) is 7.28. The van der Waals surface area contributed by atoms with Gasteiger partial charge in [0, 0.05) is 12.2 Å². The van der Waals surface area contributed by atoms with Gasteiger partial charge in [-0.2, -0.15) is 13.2 Å². The Morgan fingerprint density at radius 3 is 2.27 bits per heavy atom. The number of benzene rings is 3. The first kappa shape index (κ1) is 22.9. The molecule has 3 nitrogen and oxygen atoms in total. The minimum atomic E-state index is -4.71. The summed E-state index contributed by atoms with van der Waals surface area (Å²) in [6.45, 7) is 4.05. The summed E-state index contributed by atoms with van der Waals surface area (Å²) in [5.41, 5.74) is 2.02. The van der Waals surface area contributed by atoms with E-state index in [1.807, 2.05) is 68.4 Å². The number of nitrogens with zero attached hydrogens (tertiary/aromatic N) is 1. The summed E-state index contributed by atoms with van der Waals surface area (Å²) >= 11 is 0. The van der Waals surface area contributed by atoms with Crippen LogP contribution in [0.25, 0.3) is 11.1 Å². The van der Waals surface area contributed by atoms with Crippen LogP contribution in [0.2, 0.25) is 0 Å². The van der Waals surface area contributed by atoms with Crippen molar-refractivity contribution in [1.82, 2.24) is 0 Å². The molecule has 0 fully saturated rings. The van der Waals surface area contributed by atoms with Crippen LogP contribution in [0.1, 0.15) is 42.9 Å². The van der Waals surface area contributed by atoms with Crippen molar-refractivity contribution in [3.63, 3.8) is 0 Å². The number of alkyl halides is 3. The number of para-hydroxylation sites is 1. The number of carboxylic acids is 1. The number of anilines is 2. The van der Waals surface area contributed by atoms with Gasteiger partial charge in [-0.1, -0.05) is 62.4 Å². The second-order valence-electron chi connectivity index (χ2n) is 8.87. The Labute approximate surface area is 191 Å². The van der Waals surface area contributed by atoms with E-state index in [0.29, 0.717) is 18.5 Å². The summed E-state index contributed by atoms with van der Waals surface area (Å²) in [6, 6.07) is 19.5. The van der Waals surface area contributed by atoms with Crippen LogP contribution in [0.3, 0.4) is 0 Å². The molecule has 1 aliphatic heterocycles. The standard InChI is InChI=1S/C27H26F3NO2/c1-17(2)14-22(26(32)33)21-15-20(18-8-4-3-5-9-18)16-24(25(21)27(28,29)30)31-13-12-19-10-6-7-11-23(19)31/h3-11,15-17,22H,12-14H2,1-2H3,(H,32,33). The van der Waals surface area contributed by atoms with Crippen LogP contribution in [0.5, 0.6) is 0 Å². The topological polar surface area (TPSA) is 40.5 Å². The lowest BCUT2D eigenvalue weighted by molar-refractivity contribution is -0.141. The molecule has 0 aliphatic carbocycles. The van der Waals surface area contributed by atoms with Gasteiger partial charge in [0.15, 0.2) is 0 Å². The van der Waals surface area contributed by atoms with Crippen molar-refractivity contribution in [3.05, 3.63) is 83.4 Å². The Kier molecular flexibility index (Phi) is 6.19. The Hall–Kier alpha value is -3.28. The van der Waals surface area contributed by atoms with Crippen molar-refractivity contribution in [2.75, 3.05) is 11.4 Å². The lowest BCUT2D eigenvalue weighted by Gasteiger charge is -2.29. The number of carbonyl (C=O) groups is 1. The summed E-state index contributed by atoms with van der Waals surface area (Å²) in [5.74, 6) is -2.59. The van der Waals surface area contributed by atoms with Gasteiger partial charge >= 0.3 is 12.1 Å². The molecule has 0 spiro atoms. The monoisotopic (exact) mass is 453 g/mol. The zero-order valence-corrected chi connectivity index (χ0v) is 18.6. The van der Waals surface area contributed by atoms with Crippen LogP contribution in [-0.4, -0.2) is 17.6 Å². The second-order valence-corrected chi connectivity index (χ2v) is 8.87. The lowest BCUT2D eigenvalue weighted by Crippen LogP contribution is -2.24. The van der Waals surface area contributed by atoms with Gasteiger partial charge in [0.25, 0.3) is 0 Å². The predicted molar refractivity (Wildman–Crippen MR) is 124 cm³/mol. The van der Waals surface area contributed by atoms with Gasteiger partial charge in [0.05, 0.1) is 17.2 Å². The normalized spacial score (nSPS) is 14.4. The van der Waals surface area contributed by atoms with E-state index in [1.54, 1.807) is 11.0 Å². The van der Waals surface area contributed by atoms with Crippen molar-refractivity contribution in [3.8, 4) is 11.1 Å². The molecule has 1 atom stereocenters. The van der Waals surface area contributed by atoms with Gasteiger partial charge in [0.2, 0.25) is 0 Å². The summed E-state index contributed by atoms with van der Waals surface area (Å²) in [7, 11) is 0. The van der Waals surface area contributed by atoms with Gasteiger partial charge in [0.1, 0.15) is 0 Å². The van der Waals surface area contributed by atoms with Crippen molar-refractivity contribution in [2.45, 2.75) is 38.8 Å². The second kappa shape index (κ2) is 8.93. The molecule has 0 bridgehead atoms. The molecule has 1 unspecified atom stereocenters. The molecule has 6 heteroatoms. The Morgan fingerprint density at radius 2 is 1.64 bits per heavy atom. The number of fused-ring (bicyclic) bond motifs is 1. The van der Waals surface area contributed by atoms with Gasteiger partial charge in [-0.15, -0.1) is 0 Å². The highest BCUT2D eigenvalue weighted by atomic mass is 19.4. The first-order valence-electron chi connectivity index (χ1n) is 11.1. The van der Waals surface area contributed by atoms with Gasteiger partial charge in [-0.3, -0.25) is 4.79 Å². The molecular weight excluding hydrogens is 427 g/mol. The zero-order chi connectivity index (χ0) is 23.8. The van der Waals surface area contributed by atoms with E-state index in [2.05, 4.69) is 0 Å². The molecule has 1 aliphatic rings. The minimum Gasteiger partial charge on any atom is -0.481 e. The van der Waals surface area contributed by atoms with Crippen molar-refractivity contribution in [1.29, 1.82) is 0 Å². The van der Waals surface area contributed by atoms with Crippen LogP contribution >= 0.6 is 0 Å². The number of aliphatic carboxylic acids is 1. The van der Waals surface area contributed by atoms with Crippen LogP contribution in [0.4, 0.5) is 24.5 Å². The third kappa shape index (κ3) is 4.61. The van der Waals surface area contributed by atoms with Crippen LogP contribution in [-0.2, 0) is 17.4 Å². The first-order valence-corrected chi connectivity index (χ1v) is 11.1. The van der Waals surface area contributed by atoms with E-state index in [-0.39, 0.29) is 23.6 Å². The molecule has 0 saturated heterocycles. The molecule has 0 saturated carbocycles. The molecule has 0 aromatic heterocycles. The fourth-order valence-electron chi connectivity index (χ4n) is 4.66. The van der Waals surface area contributed by atoms with Crippen LogP contribution < -0.4 is 4.90 Å². The fraction of sp³-hybridized carbons (Fsp3) is 0.296.